The molecular weight excluding hydrogens is 256 g/mol. The van der Waals surface area contributed by atoms with E-state index in [-0.39, 0.29) is 5.91 Å². The van der Waals surface area contributed by atoms with Crippen LogP contribution in [0.1, 0.15) is 29.8 Å². The van der Waals surface area contributed by atoms with Crippen molar-refractivity contribution in [2.24, 2.45) is 0 Å². The number of nitrogens with one attached hydrogen (secondary N) is 1. The number of hydrogen-bond acceptors (Lipinski definition) is 3. The molecule has 0 saturated carbocycles. The second kappa shape index (κ2) is 5.25. The van der Waals surface area contributed by atoms with Crippen molar-refractivity contribution in [1.82, 2.24) is 0 Å². The molecule has 0 aliphatic heterocycles. The van der Waals surface area contributed by atoms with Crippen molar-refractivity contribution in [3.05, 3.63) is 52.2 Å². The lowest BCUT2D eigenvalue weighted by molar-refractivity contribution is 0.102. The van der Waals surface area contributed by atoms with Gasteiger partial charge in [0.15, 0.2) is 0 Å². The molecular formula is C15H14N2OS. The first-order valence-corrected chi connectivity index (χ1v) is 6.82. The molecule has 0 fully saturated rings. The van der Waals surface area contributed by atoms with Crippen LogP contribution in [-0.4, -0.2) is 5.91 Å². The Morgan fingerprint density at radius 3 is 2.47 bits per heavy atom. The summed E-state index contributed by atoms with van der Waals surface area (Å²) in [6.07, 6.45) is 0. The van der Waals surface area contributed by atoms with Crippen LogP contribution in [0.4, 0.5) is 5.69 Å². The number of nitriles is 1. The van der Waals surface area contributed by atoms with Crippen LogP contribution in [0, 0.1) is 11.3 Å². The molecule has 0 unspecified atom stereocenters. The first kappa shape index (κ1) is 13.3. The normalized spacial score (nSPS) is 10.8. The monoisotopic (exact) mass is 270 g/mol. The third kappa shape index (κ3) is 3.01. The second-order valence-corrected chi connectivity index (χ2v) is 5.56. The zero-order chi connectivity index (χ0) is 13.9. The van der Waals surface area contributed by atoms with Gasteiger partial charge >= 0.3 is 0 Å². The van der Waals surface area contributed by atoms with Crippen LogP contribution < -0.4 is 5.32 Å². The molecule has 0 saturated heterocycles. The van der Waals surface area contributed by atoms with Crippen LogP contribution in [0.25, 0.3) is 0 Å². The van der Waals surface area contributed by atoms with Crippen molar-refractivity contribution in [2.75, 3.05) is 5.32 Å². The Bertz CT molecular complexity index is 607. The first-order chi connectivity index (χ1) is 9.03. The first-order valence-electron chi connectivity index (χ1n) is 5.88. The molecule has 0 spiro atoms. The Hall–Kier alpha value is -2.12. The molecule has 1 N–H and O–H groups in total. The van der Waals surface area contributed by atoms with Gasteiger partial charge in [-0.2, -0.15) is 16.6 Å². The van der Waals surface area contributed by atoms with Crippen LogP contribution in [0.5, 0.6) is 0 Å². The lowest BCUT2D eigenvalue weighted by atomic mass is 9.86. The van der Waals surface area contributed by atoms with Crippen LogP contribution >= 0.6 is 11.3 Å². The lowest BCUT2D eigenvalue weighted by Crippen LogP contribution is -2.14. The quantitative estimate of drug-likeness (QED) is 0.922. The smallest absolute Gasteiger partial charge is 0.256 e. The van der Waals surface area contributed by atoms with E-state index in [1.54, 1.807) is 6.07 Å². The Morgan fingerprint density at radius 2 is 1.95 bits per heavy atom. The minimum atomic E-state index is -0.518. The highest BCUT2D eigenvalue weighted by atomic mass is 32.1. The molecule has 1 aromatic carbocycles. The largest absolute Gasteiger partial charge is 0.322 e. The van der Waals surface area contributed by atoms with E-state index in [9.17, 15) is 4.79 Å². The van der Waals surface area contributed by atoms with Gasteiger partial charge in [-0.05, 0) is 43.0 Å². The van der Waals surface area contributed by atoms with Crippen molar-refractivity contribution in [3.8, 4) is 6.07 Å². The minimum absolute atomic E-state index is 0.117. The molecule has 96 valence electrons. The maximum Gasteiger partial charge on any atom is 0.256 e. The third-order valence-electron chi connectivity index (χ3n) is 2.93. The number of thiophene rings is 1. The summed E-state index contributed by atoms with van der Waals surface area (Å²) in [5, 5.41) is 15.6. The van der Waals surface area contributed by atoms with E-state index in [2.05, 4.69) is 11.4 Å². The fourth-order valence-corrected chi connectivity index (χ4v) is 2.27. The van der Waals surface area contributed by atoms with Gasteiger partial charge in [-0.3, -0.25) is 4.79 Å². The minimum Gasteiger partial charge on any atom is -0.322 e. The predicted octanol–water partition coefficient (Wildman–Crippen LogP) is 3.80. The van der Waals surface area contributed by atoms with Gasteiger partial charge in [0.1, 0.15) is 0 Å². The fourth-order valence-electron chi connectivity index (χ4n) is 1.63. The summed E-state index contributed by atoms with van der Waals surface area (Å²) >= 11 is 1.49. The maximum absolute atomic E-state index is 11.9. The van der Waals surface area contributed by atoms with E-state index < -0.39 is 5.41 Å². The molecule has 0 aliphatic rings. The summed E-state index contributed by atoms with van der Waals surface area (Å²) < 4.78 is 0. The van der Waals surface area contributed by atoms with E-state index in [1.807, 2.05) is 48.9 Å². The average Bonchev–Trinajstić information content (AvgIpc) is 2.93. The van der Waals surface area contributed by atoms with E-state index in [0.29, 0.717) is 5.56 Å². The molecule has 19 heavy (non-hydrogen) atoms. The van der Waals surface area contributed by atoms with Gasteiger partial charge in [0.05, 0.1) is 17.0 Å². The molecule has 0 bridgehead atoms. The molecule has 0 atom stereocenters. The summed E-state index contributed by atoms with van der Waals surface area (Å²) in [5.74, 6) is -0.117. The average molecular weight is 270 g/mol. The number of rotatable bonds is 3. The SMILES string of the molecule is CC(C)(C#N)c1ccc(NC(=O)c2ccsc2)cc1. The Balaban J connectivity index is 2.12. The molecule has 4 heteroatoms. The van der Waals surface area contributed by atoms with Gasteiger partial charge in [0.2, 0.25) is 0 Å². The van der Waals surface area contributed by atoms with Crippen molar-refractivity contribution in [2.45, 2.75) is 19.3 Å². The zero-order valence-corrected chi connectivity index (χ0v) is 11.6. The molecule has 3 nitrogen and oxygen atoms in total. The van der Waals surface area contributed by atoms with Gasteiger partial charge in [0, 0.05) is 11.1 Å². The van der Waals surface area contributed by atoms with Crippen LogP contribution in [0.3, 0.4) is 0 Å². The fraction of sp³-hybridized carbons (Fsp3) is 0.200. The van der Waals surface area contributed by atoms with Gasteiger partial charge < -0.3 is 5.32 Å². The Morgan fingerprint density at radius 1 is 1.26 bits per heavy atom. The second-order valence-electron chi connectivity index (χ2n) is 4.78. The van der Waals surface area contributed by atoms with Gasteiger partial charge in [-0.15, -0.1) is 0 Å². The number of benzene rings is 1. The Kier molecular flexibility index (Phi) is 3.68. The highest BCUT2D eigenvalue weighted by molar-refractivity contribution is 7.08. The number of hydrogen-bond donors (Lipinski definition) is 1. The summed E-state index contributed by atoms with van der Waals surface area (Å²) in [6.45, 7) is 3.73. The molecule has 2 aromatic rings. The van der Waals surface area contributed by atoms with Crippen LogP contribution in [0.15, 0.2) is 41.1 Å². The number of carbonyl (C=O) groups is 1. The summed E-state index contributed by atoms with van der Waals surface area (Å²) in [6, 6.07) is 11.4. The number of nitrogens with zero attached hydrogens (tertiary/aromatic N) is 1. The number of amides is 1. The molecule has 2 rings (SSSR count). The topological polar surface area (TPSA) is 52.9 Å². The van der Waals surface area contributed by atoms with Crippen molar-refractivity contribution >= 4 is 22.9 Å². The van der Waals surface area contributed by atoms with E-state index in [0.717, 1.165) is 11.3 Å². The van der Waals surface area contributed by atoms with E-state index >= 15 is 0 Å². The van der Waals surface area contributed by atoms with Crippen molar-refractivity contribution in [3.63, 3.8) is 0 Å². The molecule has 0 radical (unpaired) electrons. The zero-order valence-electron chi connectivity index (χ0n) is 10.8. The van der Waals surface area contributed by atoms with Gasteiger partial charge in [0.25, 0.3) is 5.91 Å². The molecule has 1 amide bonds. The standard InChI is InChI=1S/C15H14N2OS/c1-15(2,10-16)12-3-5-13(6-4-12)17-14(18)11-7-8-19-9-11/h3-9H,1-2H3,(H,17,18). The summed E-state index contributed by atoms with van der Waals surface area (Å²) in [4.78, 5) is 11.9. The van der Waals surface area contributed by atoms with Crippen LogP contribution in [-0.2, 0) is 5.41 Å². The van der Waals surface area contributed by atoms with E-state index in [1.165, 1.54) is 11.3 Å². The number of anilines is 1. The molecule has 1 heterocycles. The maximum atomic E-state index is 11.9. The predicted molar refractivity (Wildman–Crippen MR) is 77.4 cm³/mol. The molecule has 0 aliphatic carbocycles. The van der Waals surface area contributed by atoms with Gasteiger partial charge in [-0.25, -0.2) is 0 Å². The van der Waals surface area contributed by atoms with E-state index in [4.69, 9.17) is 5.26 Å². The third-order valence-corrected chi connectivity index (χ3v) is 3.61. The Labute approximate surface area is 116 Å². The van der Waals surface area contributed by atoms with Crippen molar-refractivity contribution < 1.29 is 4.79 Å². The highest BCUT2D eigenvalue weighted by Gasteiger charge is 2.19. The summed E-state index contributed by atoms with van der Waals surface area (Å²) in [7, 11) is 0. The highest BCUT2D eigenvalue weighted by Crippen LogP contribution is 2.23. The van der Waals surface area contributed by atoms with Crippen LogP contribution in [0.2, 0.25) is 0 Å². The number of carbonyl (C=O) groups excluding carboxylic acids is 1. The summed E-state index contributed by atoms with van der Waals surface area (Å²) in [5.41, 5.74) is 1.80. The van der Waals surface area contributed by atoms with Gasteiger partial charge in [-0.1, -0.05) is 12.1 Å². The molecule has 1 aromatic heterocycles. The van der Waals surface area contributed by atoms with Crippen molar-refractivity contribution in [1.29, 1.82) is 5.26 Å². The lowest BCUT2D eigenvalue weighted by Gasteiger charge is -2.16.